The number of hydrogen-bond acceptors (Lipinski definition) is 2. The van der Waals surface area contributed by atoms with E-state index in [1.165, 1.54) is 4.90 Å². The highest BCUT2D eigenvalue weighted by Gasteiger charge is 2.28. The molecular weight excluding hydrogens is 156 g/mol. The molecule has 1 aliphatic heterocycles. The number of likely N-dealkylation sites (tertiary alicyclic amines) is 1. The van der Waals surface area contributed by atoms with Gasteiger partial charge >= 0.3 is 6.03 Å². The normalized spacial score (nSPS) is 22.5. The number of nitrogens with zero attached hydrogens (tertiary/aromatic N) is 2. The summed E-state index contributed by atoms with van der Waals surface area (Å²) in [7, 11) is 3.39. The molecule has 1 fully saturated rings. The van der Waals surface area contributed by atoms with Crippen LogP contribution in [-0.4, -0.2) is 48.8 Å². The molecule has 0 aromatic heterocycles. The van der Waals surface area contributed by atoms with Crippen LogP contribution in [0.4, 0.5) is 4.79 Å². The van der Waals surface area contributed by atoms with Crippen molar-refractivity contribution in [3.05, 3.63) is 0 Å². The first-order valence-corrected chi connectivity index (χ1v) is 4.10. The van der Waals surface area contributed by atoms with Crippen molar-refractivity contribution in [1.29, 1.82) is 0 Å². The summed E-state index contributed by atoms with van der Waals surface area (Å²) in [6.07, 6.45) is 2.60. The summed E-state index contributed by atoms with van der Waals surface area (Å²) in [5.74, 6) is 0. The zero-order valence-electron chi connectivity index (χ0n) is 7.49. The fourth-order valence-electron chi connectivity index (χ4n) is 1.43. The second-order valence-corrected chi connectivity index (χ2v) is 3.22. The van der Waals surface area contributed by atoms with Crippen LogP contribution in [0.15, 0.2) is 0 Å². The third kappa shape index (κ3) is 1.57. The molecular formula is C8H14N2O2. The predicted octanol–water partition coefficient (Wildman–Crippen LogP) is 0.331. The molecule has 0 spiro atoms. The Balaban J connectivity index is 2.61. The quantitative estimate of drug-likeness (QED) is 0.532. The summed E-state index contributed by atoms with van der Waals surface area (Å²) in [6, 6.07) is -0.260. The van der Waals surface area contributed by atoms with E-state index in [0.717, 1.165) is 19.1 Å². The maximum absolute atomic E-state index is 11.4. The average molecular weight is 170 g/mol. The second kappa shape index (κ2) is 3.56. The number of urea groups is 1. The van der Waals surface area contributed by atoms with Crippen molar-refractivity contribution in [1.82, 2.24) is 9.80 Å². The van der Waals surface area contributed by atoms with Crippen molar-refractivity contribution in [2.24, 2.45) is 0 Å². The third-order valence-corrected chi connectivity index (χ3v) is 2.08. The Kier molecular flexibility index (Phi) is 2.68. The Morgan fingerprint density at radius 3 is 2.75 bits per heavy atom. The van der Waals surface area contributed by atoms with Crippen LogP contribution in [0.1, 0.15) is 12.8 Å². The van der Waals surface area contributed by atoms with Gasteiger partial charge in [-0.2, -0.15) is 0 Å². The van der Waals surface area contributed by atoms with Crippen molar-refractivity contribution in [2.45, 2.75) is 18.9 Å². The first-order valence-electron chi connectivity index (χ1n) is 4.10. The molecule has 0 aliphatic carbocycles. The summed E-state index contributed by atoms with van der Waals surface area (Å²) < 4.78 is 0. The van der Waals surface area contributed by atoms with Gasteiger partial charge in [-0.1, -0.05) is 0 Å². The molecule has 4 heteroatoms. The lowest BCUT2D eigenvalue weighted by Gasteiger charge is -2.24. The van der Waals surface area contributed by atoms with Gasteiger partial charge in [-0.15, -0.1) is 0 Å². The van der Waals surface area contributed by atoms with E-state index < -0.39 is 0 Å². The van der Waals surface area contributed by atoms with Crippen LogP contribution in [0, 0.1) is 0 Å². The molecule has 12 heavy (non-hydrogen) atoms. The molecule has 1 saturated heterocycles. The molecule has 0 aromatic carbocycles. The van der Waals surface area contributed by atoms with Crippen LogP contribution in [0.2, 0.25) is 0 Å². The van der Waals surface area contributed by atoms with Crippen molar-refractivity contribution < 1.29 is 9.59 Å². The molecule has 0 N–H and O–H groups in total. The van der Waals surface area contributed by atoms with Crippen LogP contribution in [0.3, 0.4) is 0 Å². The Labute approximate surface area is 72.1 Å². The van der Waals surface area contributed by atoms with E-state index in [4.69, 9.17) is 0 Å². The molecule has 4 nitrogen and oxygen atoms in total. The third-order valence-electron chi connectivity index (χ3n) is 2.08. The van der Waals surface area contributed by atoms with E-state index in [1.54, 1.807) is 19.0 Å². The minimum Gasteiger partial charge on any atom is -0.331 e. The molecule has 1 heterocycles. The van der Waals surface area contributed by atoms with E-state index in [1.807, 2.05) is 0 Å². The zero-order valence-corrected chi connectivity index (χ0v) is 7.49. The molecule has 0 aromatic rings. The van der Waals surface area contributed by atoms with Crippen LogP contribution in [-0.2, 0) is 4.79 Å². The largest absolute Gasteiger partial charge is 0.331 e. The topological polar surface area (TPSA) is 40.6 Å². The van der Waals surface area contributed by atoms with Gasteiger partial charge in [0.15, 0.2) is 0 Å². The van der Waals surface area contributed by atoms with E-state index in [2.05, 4.69) is 0 Å². The van der Waals surface area contributed by atoms with Gasteiger partial charge in [-0.05, 0) is 12.8 Å². The van der Waals surface area contributed by atoms with Crippen molar-refractivity contribution in [3.8, 4) is 0 Å². The molecule has 0 bridgehead atoms. The van der Waals surface area contributed by atoms with Crippen LogP contribution in [0.25, 0.3) is 0 Å². The smallest absolute Gasteiger partial charge is 0.320 e. The monoisotopic (exact) mass is 170 g/mol. The van der Waals surface area contributed by atoms with Crippen LogP contribution in [0.5, 0.6) is 0 Å². The number of hydrogen-bond donors (Lipinski definition) is 0. The van der Waals surface area contributed by atoms with Crippen LogP contribution < -0.4 is 0 Å². The summed E-state index contributed by atoms with van der Waals surface area (Å²) >= 11 is 0. The molecule has 68 valence electrons. The Morgan fingerprint density at radius 2 is 2.25 bits per heavy atom. The molecule has 0 radical (unpaired) electrons. The molecule has 1 atom stereocenters. The lowest BCUT2D eigenvalue weighted by molar-refractivity contribution is -0.111. The fourth-order valence-corrected chi connectivity index (χ4v) is 1.43. The maximum atomic E-state index is 11.4. The number of amides is 2. The molecule has 0 saturated carbocycles. The summed E-state index contributed by atoms with van der Waals surface area (Å²) in [6.45, 7) is 0.709. The molecule has 2 amide bonds. The van der Waals surface area contributed by atoms with Crippen molar-refractivity contribution >= 4 is 12.3 Å². The highest BCUT2D eigenvalue weighted by atomic mass is 16.2. The molecule has 1 unspecified atom stereocenters. The Morgan fingerprint density at radius 1 is 1.58 bits per heavy atom. The number of aldehydes is 1. The summed E-state index contributed by atoms with van der Waals surface area (Å²) in [5, 5.41) is 0. The highest BCUT2D eigenvalue weighted by molar-refractivity contribution is 5.78. The lowest BCUT2D eigenvalue weighted by Crippen LogP contribution is -2.42. The number of carbonyl (C=O) groups is 2. The average Bonchev–Trinajstić information content (AvgIpc) is 2.49. The van der Waals surface area contributed by atoms with Crippen molar-refractivity contribution in [3.63, 3.8) is 0 Å². The van der Waals surface area contributed by atoms with Gasteiger partial charge in [0.1, 0.15) is 6.29 Å². The van der Waals surface area contributed by atoms with Gasteiger partial charge in [0.2, 0.25) is 0 Å². The van der Waals surface area contributed by atoms with Gasteiger partial charge in [0, 0.05) is 20.6 Å². The van der Waals surface area contributed by atoms with Gasteiger partial charge in [-0.3, -0.25) is 0 Å². The SMILES string of the molecule is CN(C)C(=O)N1CCCC1C=O. The number of rotatable bonds is 1. The highest BCUT2D eigenvalue weighted by Crippen LogP contribution is 2.16. The second-order valence-electron chi connectivity index (χ2n) is 3.22. The predicted molar refractivity (Wildman–Crippen MR) is 44.9 cm³/mol. The Hall–Kier alpha value is -1.06. The molecule has 1 rings (SSSR count). The van der Waals surface area contributed by atoms with E-state index in [0.29, 0.717) is 6.54 Å². The van der Waals surface area contributed by atoms with Gasteiger partial charge < -0.3 is 14.6 Å². The standard InChI is InChI=1S/C8H14N2O2/c1-9(2)8(12)10-5-3-4-7(10)6-11/h6-7H,3-5H2,1-2H3. The minimum atomic E-state index is -0.195. The van der Waals surface area contributed by atoms with E-state index in [9.17, 15) is 9.59 Å². The van der Waals surface area contributed by atoms with Crippen molar-refractivity contribution in [2.75, 3.05) is 20.6 Å². The van der Waals surface area contributed by atoms with E-state index >= 15 is 0 Å². The van der Waals surface area contributed by atoms with Gasteiger partial charge in [-0.25, -0.2) is 4.79 Å². The zero-order chi connectivity index (χ0) is 9.14. The van der Waals surface area contributed by atoms with Gasteiger partial charge in [0.25, 0.3) is 0 Å². The minimum absolute atomic E-state index is 0.0652. The van der Waals surface area contributed by atoms with Crippen LogP contribution >= 0.6 is 0 Å². The summed E-state index contributed by atoms with van der Waals surface area (Å²) in [5.41, 5.74) is 0. The van der Waals surface area contributed by atoms with Gasteiger partial charge in [0.05, 0.1) is 6.04 Å². The lowest BCUT2D eigenvalue weighted by atomic mass is 10.2. The number of carbonyl (C=O) groups excluding carboxylic acids is 2. The summed E-state index contributed by atoms with van der Waals surface area (Å²) in [4.78, 5) is 25.1. The first kappa shape index (κ1) is 9.03. The Bertz CT molecular complexity index is 191. The fraction of sp³-hybridized carbons (Fsp3) is 0.750. The maximum Gasteiger partial charge on any atom is 0.320 e. The van der Waals surface area contributed by atoms with E-state index in [-0.39, 0.29) is 12.1 Å². The molecule has 1 aliphatic rings. The first-order chi connectivity index (χ1) is 5.66.